The van der Waals surface area contributed by atoms with Crippen LogP contribution in [0.5, 0.6) is 5.75 Å². The van der Waals surface area contributed by atoms with E-state index in [1.54, 1.807) is 12.1 Å². The van der Waals surface area contributed by atoms with Gasteiger partial charge in [0.15, 0.2) is 11.1 Å². The first-order valence-corrected chi connectivity index (χ1v) is 9.77. The fourth-order valence-corrected chi connectivity index (χ4v) is 3.40. The fourth-order valence-electron chi connectivity index (χ4n) is 2.52. The molecule has 0 saturated heterocycles. The Morgan fingerprint density at radius 1 is 0.931 bits per heavy atom. The van der Waals surface area contributed by atoms with E-state index >= 15 is 0 Å². The van der Waals surface area contributed by atoms with E-state index in [2.05, 4.69) is 0 Å². The number of benzene rings is 3. The molecule has 0 aliphatic heterocycles. The SMILES string of the molecule is O=C(Oc1ccc([N+](=O)[O-])cc1)c1ccccc1S(=O)OCCc1ccccc1. The largest absolute Gasteiger partial charge is 0.423 e. The Balaban J connectivity index is 1.66. The standard InChI is InChI=1S/C21H17NO6S/c23-21(28-18-12-10-17(11-13-18)22(24)25)19-8-4-5-9-20(19)29(26)27-15-14-16-6-2-1-3-7-16/h1-13H,14-15H2. The van der Waals surface area contributed by atoms with Crippen LogP contribution in [0.4, 0.5) is 5.69 Å². The van der Waals surface area contributed by atoms with Crippen LogP contribution < -0.4 is 4.74 Å². The van der Waals surface area contributed by atoms with Crippen LogP contribution in [0, 0.1) is 10.1 Å². The third-order valence-corrected chi connectivity index (χ3v) is 5.06. The number of hydrogen-bond acceptors (Lipinski definition) is 6. The van der Waals surface area contributed by atoms with Gasteiger partial charge in [-0.2, -0.15) is 0 Å². The third-order valence-electron chi connectivity index (χ3n) is 3.97. The first kappa shape index (κ1) is 20.4. The highest BCUT2D eigenvalue weighted by Crippen LogP contribution is 2.21. The second kappa shape index (κ2) is 9.72. The number of carbonyl (C=O) groups excluding carboxylic acids is 1. The van der Waals surface area contributed by atoms with E-state index in [4.69, 9.17) is 8.92 Å². The number of ether oxygens (including phenoxy) is 1. The molecule has 1 unspecified atom stereocenters. The normalized spacial score (nSPS) is 11.6. The maximum atomic E-state index is 12.5. The number of nitro groups is 1. The van der Waals surface area contributed by atoms with Crippen LogP contribution >= 0.6 is 0 Å². The molecule has 148 valence electrons. The van der Waals surface area contributed by atoms with Crippen LogP contribution in [0.3, 0.4) is 0 Å². The third kappa shape index (κ3) is 5.56. The zero-order valence-electron chi connectivity index (χ0n) is 15.2. The summed E-state index contributed by atoms with van der Waals surface area (Å²) >= 11 is -1.85. The van der Waals surface area contributed by atoms with Crippen molar-refractivity contribution in [3.8, 4) is 5.75 Å². The summed E-state index contributed by atoms with van der Waals surface area (Å²) in [5.41, 5.74) is 1.04. The van der Waals surface area contributed by atoms with E-state index in [0.29, 0.717) is 6.42 Å². The molecule has 0 aliphatic rings. The molecule has 0 bridgehead atoms. The summed E-state index contributed by atoms with van der Waals surface area (Å²) in [7, 11) is 0. The molecule has 0 heterocycles. The van der Waals surface area contributed by atoms with Crippen molar-refractivity contribution in [2.75, 3.05) is 6.61 Å². The van der Waals surface area contributed by atoms with Crippen LogP contribution in [0.1, 0.15) is 15.9 Å². The van der Waals surface area contributed by atoms with Crippen LogP contribution in [0.2, 0.25) is 0 Å². The molecular formula is C21H17NO6S. The number of esters is 1. The topological polar surface area (TPSA) is 95.7 Å². The van der Waals surface area contributed by atoms with Gasteiger partial charge in [0, 0.05) is 12.1 Å². The number of nitrogens with zero attached hydrogens (tertiary/aromatic N) is 1. The van der Waals surface area contributed by atoms with Crippen LogP contribution in [-0.2, 0) is 21.7 Å². The lowest BCUT2D eigenvalue weighted by Gasteiger charge is -2.09. The maximum Gasteiger partial charge on any atom is 0.344 e. The molecule has 0 radical (unpaired) electrons. The van der Waals surface area contributed by atoms with Crippen molar-refractivity contribution in [3.63, 3.8) is 0 Å². The first-order chi connectivity index (χ1) is 14.0. The van der Waals surface area contributed by atoms with E-state index in [1.807, 2.05) is 30.3 Å². The summed E-state index contributed by atoms with van der Waals surface area (Å²) in [5, 5.41) is 10.7. The highest BCUT2D eigenvalue weighted by Gasteiger charge is 2.19. The summed E-state index contributed by atoms with van der Waals surface area (Å²) in [6, 6.07) is 21.0. The Morgan fingerprint density at radius 3 is 2.28 bits per heavy atom. The molecule has 0 fully saturated rings. The molecule has 3 aromatic rings. The van der Waals surface area contributed by atoms with Gasteiger partial charge in [-0.3, -0.25) is 14.3 Å². The van der Waals surface area contributed by atoms with Gasteiger partial charge in [-0.25, -0.2) is 9.00 Å². The van der Waals surface area contributed by atoms with Gasteiger partial charge in [0.25, 0.3) is 5.69 Å². The van der Waals surface area contributed by atoms with Crippen LogP contribution in [0.25, 0.3) is 0 Å². The van der Waals surface area contributed by atoms with E-state index in [9.17, 15) is 19.1 Å². The highest BCUT2D eigenvalue weighted by molar-refractivity contribution is 7.80. The van der Waals surface area contributed by atoms with Gasteiger partial charge >= 0.3 is 5.97 Å². The zero-order chi connectivity index (χ0) is 20.6. The second-order valence-electron chi connectivity index (χ2n) is 5.93. The van der Waals surface area contributed by atoms with Gasteiger partial charge in [-0.05, 0) is 36.2 Å². The summed E-state index contributed by atoms with van der Waals surface area (Å²) < 4.78 is 23.2. The monoisotopic (exact) mass is 411 g/mol. The molecule has 29 heavy (non-hydrogen) atoms. The Morgan fingerprint density at radius 2 is 1.59 bits per heavy atom. The van der Waals surface area contributed by atoms with Gasteiger partial charge in [0.05, 0.1) is 22.0 Å². The predicted molar refractivity (Wildman–Crippen MR) is 107 cm³/mol. The lowest BCUT2D eigenvalue weighted by molar-refractivity contribution is -0.384. The molecule has 0 N–H and O–H groups in total. The quantitative estimate of drug-likeness (QED) is 0.240. The van der Waals surface area contributed by atoms with Crippen molar-refractivity contribution >= 4 is 22.7 Å². The van der Waals surface area contributed by atoms with Gasteiger partial charge in [-0.15, -0.1) is 0 Å². The van der Waals surface area contributed by atoms with E-state index in [0.717, 1.165) is 5.56 Å². The van der Waals surface area contributed by atoms with Crippen molar-refractivity contribution < 1.29 is 22.8 Å². The molecule has 7 nitrogen and oxygen atoms in total. The van der Waals surface area contributed by atoms with Gasteiger partial charge in [0.2, 0.25) is 0 Å². The molecule has 3 aromatic carbocycles. The van der Waals surface area contributed by atoms with Crippen LogP contribution in [-0.4, -0.2) is 21.7 Å². The lowest BCUT2D eigenvalue weighted by atomic mass is 10.2. The van der Waals surface area contributed by atoms with E-state index in [1.165, 1.54) is 36.4 Å². The number of carbonyl (C=O) groups is 1. The fraction of sp³-hybridized carbons (Fsp3) is 0.0952. The second-order valence-corrected chi connectivity index (χ2v) is 7.07. The number of nitro benzene ring substituents is 1. The average molecular weight is 411 g/mol. The van der Waals surface area contributed by atoms with E-state index < -0.39 is 22.0 Å². The zero-order valence-corrected chi connectivity index (χ0v) is 16.0. The van der Waals surface area contributed by atoms with E-state index in [-0.39, 0.29) is 28.5 Å². The lowest BCUT2D eigenvalue weighted by Crippen LogP contribution is -2.13. The van der Waals surface area contributed by atoms with Gasteiger partial charge in [-0.1, -0.05) is 42.5 Å². The molecule has 0 amide bonds. The summed E-state index contributed by atoms with van der Waals surface area (Å²) in [6.45, 7) is 0.225. The van der Waals surface area contributed by atoms with Crippen molar-refractivity contribution in [2.45, 2.75) is 11.3 Å². The Bertz CT molecular complexity index is 1020. The molecule has 0 saturated carbocycles. The first-order valence-electron chi connectivity index (χ1n) is 8.69. The molecule has 3 rings (SSSR count). The minimum absolute atomic E-state index is 0.101. The molecule has 0 aromatic heterocycles. The van der Waals surface area contributed by atoms with Gasteiger partial charge < -0.3 is 4.74 Å². The van der Waals surface area contributed by atoms with Crippen LogP contribution in [0.15, 0.2) is 83.8 Å². The molecule has 0 aliphatic carbocycles. The Kier molecular flexibility index (Phi) is 6.83. The van der Waals surface area contributed by atoms with Crippen molar-refractivity contribution in [1.82, 2.24) is 0 Å². The minimum atomic E-state index is -1.85. The summed E-state index contributed by atoms with van der Waals surface area (Å²) in [5.74, 6) is -0.583. The maximum absolute atomic E-state index is 12.5. The van der Waals surface area contributed by atoms with Crippen molar-refractivity contribution in [2.24, 2.45) is 0 Å². The molecular weight excluding hydrogens is 394 g/mol. The molecule has 8 heteroatoms. The average Bonchev–Trinajstić information content (AvgIpc) is 2.74. The highest BCUT2D eigenvalue weighted by atomic mass is 32.2. The molecule has 1 atom stereocenters. The predicted octanol–water partition coefficient (Wildman–Crippen LogP) is 4.10. The molecule has 0 spiro atoms. The summed E-state index contributed by atoms with van der Waals surface area (Å²) in [4.78, 5) is 22.9. The number of hydrogen-bond donors (Lipinski definition) is 0. The van der Waals surface area contributed by atoms with Crippen molar-refractivity contribution in [3.05, 3.63) is 100 Å². The Hall–Kier alpha value is -3.36. The number of non-ortho nitro benzene ring substituents is 1. The minimum Gasteiger partial charge on any atom is -0.423 e. The smallest absolute Gasteiger partial charge is 0.344 e. The van der Waals surface area contributed by atoms with Gasteiger partial charge in [0.1, 0.15) is 5.75 Å². The number of rotatable bonds is 8. The summed E-state index contributed by atoms with van der Waals surface area (Å²) in [6.07, 6.45) is 0.585. The Labute approximate surface area is 169 Å². The van der Waals surface area contributed by atoms with Crippen molar-refractivity contribution in [1.29, 1.82) is 0 Å².